The lowest BCUT2D eigenvalue weighted by Gasteiger charge is -2.43. The van der Waals surface area contributed by atoms with Crippen LogP contribution in [0.2, 0.25) is 0 Å². The minimum Gasteiger partial charge on any atom is -0.478 e. The molecule has 218 valence electrons. The molecule has 2 saturated carbocycles. The van der Waals surface area contributed by atoms with Crippen LogP contribution < -0.4 is 0 Å². The summed E-state index contributed by atoms with van der Waals surface area (Å²) in [6.07, 6.45) is 0.916. The molecule has 0 aromatic heterocycles. The number of carbonyl (C=O) groups excluding carboxylic acids is 2. The van der Waals surface area contributed by atoms with Crippen LogP contribution in [0.5, 0.6) is 0 Å². The van der Waals surface area contributed by atoms with E-state index in [0.29, 0.717) is 23.8 Å². The van der Waals surface area contributed by atoms with Crippen molar-refractivity contribution in [3.8, 4) is 0 Å². The molecule has 0 aromatic rings. The van der Waals surface area contributed by atoms with E-state index in [2.05, 4.69) is 0 Å². The van der Waals surface area contributed by atoms with Gasteiger partial charge < -0.3 is 28.0 Å². The molecule has 12 heteroatoms. The summed E-state index contributed by atoms with van der Waals surface area (Å²) in [7, 11) is -2.60. The van der Waals surface area contributed by atoms with Crippen LogP contribution >= 0.6 is 31.6 Å². The number of rotatable bonds is 12. The molecule has 5 unspecified atom stereocenters. The summed E-state index contributed by atoms with van der Waals surface area (Å²) in [4.78, 5) is 26.1. The maximum absolute atomic E-state index is 13.7. The molecule has 1 aliphatic heterocycles. The quantitative estimate of drug-likeness (QED) is 0.165. The first-order valence-corrected chi connectivity index (χ1v) is 16.2. The molecule has 0 spiro atoms. The molecule has 1 heterocycles. The van der Waals surface area contributed by atoms with Crippen LogP contribution in [0.4, 0.5) is 0 Å². The van der Waals surface area contributed by atoms with Crippen molar-refractivity contribution in [3.05, 3.63) is 0 Å². The van der Waals surface area contributed by atoms with Gasteiger partial charge in [-0.1, -0.05) is 32.5 Å². The molecule has 7 atom stereocenters. The fourth-order valence-corrected chi connectivity index (χ4v) is 9.31. The van der Waals surface area contributed by atoms with Crippen molar-refractivity contribution in [2.45, 2.75) is 96.6 Å². The van der Waals surface area contributed by atoms with Gasteiger partial charge in [0, 0.05) is 23.0 Å². The molecule has 0 bridgehead atoms. The van der Waals surface area contributed by atoms with Crippen molar-refractivity contribution in [2.24, 2.45) is 23.2 Å². The Kier molecular flexibility index (Phi) is 10.5. The molecule has 3 fully saturated rings. The van der Waals surface area contributed by atoms with Gasteiger partial charge >= 0.3 is 13.6 Å². The van der Waals surface area contributed by atoms with E-state index < -0.39 is 25.0 Å². The molecule has 0 N–H and O–H groups in total. The predicted octanol–water partition coefficient (Wildman–Crippen LogP) is 5.38. The summed E-state index contributed by atoms with van der Waals surface area (Å²) in [5, 5.41) is -0.370. The van der Waals surface area contributed by atoms with E-state index in [-0.39, 0.29) is 66.0 Å². The molecular formula is C26H43O9PS2. The Morgan fingerprint density at radius 2 is 1.84 bits per heavy atom. The Labute approximate surface area is 236 Å². The van der Waals surface area contributed by atoms with Gasteiger partial charge in [-0.25, -0.2) is 0 Å². The van der Waals surface area contributed by atoms with Gasteiger partial charge in [-0.05, 0) is 64.6 Å². The predicted molar refractivity (Wildman–Crippen MR) is 149 cm³/mol. The summed E-state index contributed by atoms with van der Waals surface area (Å²) in [5.74, 6) is -1.53. The molecule has 2 aliphatic carbocycles. The van der Waals surface area contributed by atoms with Gasteiger partial charge in [0.05, 0.1) is 39.1 Å². The highest BCUT2D eigenvalue weighted by Crippen LogP contribution is 2.59. The van der Waals surface area contributed by atoms with E-state index in [1.807, 2.05) is 34.6 Å². The normalized spacial score (nSPS) is 29.7. The monoisotopic (exact) mass is 594 g/mol. The second-order valence-electron chi connectivity index (χ2n) is 11.8. The summed E-state index contributed by atoms with van der Waals surface area (Å²) >= 11 is 6.82. The minimum absolute atomic E-state index is 0.0311. The Hall–Kier alpha value is -0.550. The average molecular weight is 595 g/mol. The molecule has 0 amide bonds. The van der Waals surface area contributed by atoms with Gasteiger partial charge in [0.15, 0.2) is 11.4 Å². The van der Waals surface area contributed by atoms with E-state index in [1.54, 1.807) is 13.8 Å². The third-order valence-electron chi connectivity index (χ3n) is 7.11. The van der Waals surface area contributed by atoms with Gasteiger partial charge in [0.1, 0.15) is 5.78 Å². The van der Waals surface area contributed by atoms with Crippen molar-refractivity contribution in [1.82, 2.24) is 0 Å². The van der Waals surface area contributed by atoms with E-state index >= 15 is 0 Å². The second kappa shape index (κ2) is 12.5. The zero-order chi connectivity index (χ0) is 28.5. The van der Waals surface area contributed by atoms with Gasteiger partial charge in [-0.3, -0.25) is 14.2 Å². The Morgan fingerprint density at radius 1 is 1.21 bits per heavy atom. The highest BCUT2D eigenvalue weighted by Gasteiger charge is 2.64. The number of methoxy groups -OCH3 is 1. The van der Waals surface area contributed by atoms with E-state index in [9.17, 15) is 14.2 Å². The van der Waals surface area contributed by atoms with Crippen molar-refractivity contribution < 1.29 is 42.1 Å². The first-order valence-electron chi connectivity index (χ1n) is 13.3. The number of esters is 1. The molecule has 9 nitrogen and oxygen atoms in total. The van der Waals surface area contributed by atoms with E-state index in [1.165, 1.54) is 18.9 Å². The Bertz CT molecular complexity index is 924. The number of Topliss-reactive ketones (excluding diaryl/α,β-unsaturated/α-hetero) is 1. The van der Waals surface area contributed by atoms with Crippen LogP contribution in [0.3, 0.4) is 0 Å². The molecule has 3 aliphatic rings. The zero-order valence-electron chi connectivity index (χ0n) is 23.7. The second-order valence-corrected chi connectivity index (χ2v) is 15.9. The number of thiocarbonyl (C=S) groups is 1. The van der Waals surface area contributed by atoms with Crippen molar-refractivity contribution in [1.29, 1.82) is 0 Å². The largest absolute Gasteiger partial charge is 0.478 e. The molecule has 3 rings (SSSR count). The molecular weight excluding hydrogens is 551 g/mol. The van der Waals surface area contributed by atoms with Crippen LogP contribution in [0.1, 0.15) is 67.7 Å². The zero-order valence-corrected chi connectivity index (χ0v) is 26.2. The Morgan fingerprint density at radius 3 is 2.39 bits per heavy atom. The third-order valence-corrected chi connectivity index (χ3v) is 11.0. The van der Waals surface area contributed by atoms with Gasteiger partial charge in [-0.2, -0.15) is 0 Å². The molecule has 38 heavy (non-hydrogen) atoms. The minimum atomic E-state index is -3.85. The van der Waals surface area contributed by atoms with Crippen LogP contribution in [0, 0.1) is 23.2 Å². The van der Waals surface area contributed by atoms with Crippen molar-refractivity contribution in [2.75, 3.05) is 26.9 Å². The van der Waals surface area contributed by atoms with Crippen LogP contribution in [-0.2, 0) is 42.1 Å². The van der Waals surface area contributed by atoms with Gasteiger partial charge in [0.2, 0.25) is 4.38 Å². The topological polar surface area (TPSA) is 107 Å². The standard InChI is InChI=1S/C26H43O9PS2/c1-9-32-36(29,33-10-2)19(23(28)30-8)12-15(38-24(37)31-14-25(3,4)5)11-16-20-17(21(16)27)13-18-22(20)35-26(6,7)34-18/h15-20,22H,9-14H2,1-8H3/t15?,16?,17-,18?,19?,20-,22?/m1/s1. The van der Waals surface area contributed by atoms with E-state index in [4.69, 9.17) is 40.2 Å². The van der Waals surface area contributed by atoms with Crippen molar-refractivity contribution >= 4 is 47.7 Å². The van der Waals surface area contributed by atoms with Crippen LogP contribution in [-0.4, -0.2) is 72.0 Å². The molecule has 0 aromatic carbocycles. The number of thioether (sulfide) groups is 1. The smallest absolute Gasteiger partial charge is 0.344 e. The van der Waals surface area contributed by atoms with Crippen LogP contribution in [0.15, 0.2) is 0 Å². The lowest BCUT2D eigenvalue weighted by molar-refractivity contribution is -0.179. The van der Waals surface area contributed by atoms with Crippen molar-refractivity contribution in [3.63, 3.8) is 0 Å². The van der Waals surface area contributed by atoms with Crippen LogP contribution in [0.25, 0.3) is 0 Å². The fourth-order valence-electron chi connectivity index (χ4n) is 5.68. The first-order chi connectivity index (χ1) is 17.6. The Balaban J connectivity index is 1.84. The summed E-state index contributed by atoms with van der Waals surface area (Å²) in [5.41, 5.74) is -1.26. The summed E-state index contributed by atoms with van der Waals surface area (Å²) < 4.78 is 48.2. The third kappa shape index (κ3) is 7.39. The lowest BCUT2D eigenvalue weighted by atomic mass is 9.63. The maximum atomic E-state index is 13.7. The molecule has 0 radical (unpaired) electrons. The highest BCUT2D eigenvalue weighted by molar-refractivity contribution is 8.23. The van der Waals surface area contributed by atoms with Gasteiger partial charge in [0.25, 0.3) is 0 Å². The number of ketones is 1. The summed E-state index contributed by atoms with van der Waals surface area (Å²) in [6.45, 7) is 13.9. The highest BCUT2D eigenvalue weighted by atomic mass is 32.2. The number of hydrogen-bond acceptors (Lipinski definition) is 11. The lowest BCUT2D eigenvalue weighted by Crippen LogP contribution is -2.50. The SMILES string of the molecule is CCOP(=O)(OCC)C(CC(CC1C(=O)[C@@H]2CC3OC(C)(C)OC3[C@H]12)SC(=S)OCC(C)(C)C)C(=O)OC. The number of hydrogen-bond donors (Lipinski definition) is 0. The van der Waals surface area contributed by atoms with E-state index in [0.717, 1.165) is 0 Å². The number of fused-ring (bicyclic) bond motifs is 3. The first kappa shape index (κ1) is 32.0. The summed E-state index contributed by atoms with van der Waals surface area (Å²) in [6, 6.07) is 0. The number of carbonyl (C=O) groups is 2. The maximum Gasteiger partial charge on any atom is 0.344 e. The fraction of sp³-hybridized carbons (Fsp3) is 0.885. The number of ether oxygens (including phenoxy) is 4. The van der Waals surface area contributed by atoms with Gasteiger partial charge in [-0.15, -0.1) is 0 Å². The average Bonchev–Trinajstić information content (AvgIpc) is 3.27. The molecule has 1 saturated heterocycles.